The highest BCUT2D eigenvalue weighted by atomic mass is 19.1. The molecule has 0 saturated heterocycles. The number of pyridine rings is 1. The zero-order chi connectivity index (χ0) is 9.26. The number of hydrogen-bond acceptors (Lipinski definition) is 2. The van der Waals surface area contributed by atoms with Gasteiger partial charge in [0.05, 0.1) is 6.20 Å². The molecule has 0 radical (unpaired) electrons. The second-order valence-corrected chi connectivity index (χ2v) is 3.67. The first-order chi connectivity index (χ1) is 6.25. The van der Waals surface area contributed by atoms with Crippen molar-refractivity contribution in [2.45, 2.75) is 25.8 Å². The van der Waals surface area contributed by atoms with E-state index in [0.29, 0.717) is 12.0 Å². The Balaban J connectivity index is 1.98. The van der Waals surface area contributed by atoms with Gasteiger partial charge in [0, 0.05) is 6.04 Å². The molecular formula is C10H13FN2. The van der Waals surface area contributed by atoms with Crippen molar-refractivity contribution in [3.05, 3.63) is 24.1 Å². The first-order valence-corrected chi connectivity index (χ1v) is 4.64. The van der Waals surface area contributed by atoms with Crippen molar-refractivity contribution in [3.8, 4) is 0 Å². The molecule has 2 atom stereocenters. The number of rotatable bonds is 2. The molecule has 70 valence electrons. The molecule has 1 heterocycles. The Morgan fingerprint density at radius 2 is 2.31 bits per heavy atom. The van der Waals surface area contributed by atoms with Crippen LogP contribution in [0.4, 0.5) is 10.2 Å². The van der Waals surface area contributed by atoms with Gasteiger partial charge in [-0.05, 0) is 30.9 Å². The van der Waals surface area contributed by atoms with Crippen molar-refractivity contribution in [2.24, 2.45) is 5.92 Å². The highest BCUT2D eigenvalue weighted by Gasteiger charge is 2.26. The summed E-state index contributed by atoms with van der Waals surface area (Å²) >= 11 is 0. The standard InChI is InChI=1S/C10H13FN2/c1-7-2-4-9(7)13-10-5-3-8(11)6-12-10/h3,5-7,9H,2,4H2,1H3,(H,12,13). The summed E-state index contributed by atoms with van der Waals surface area (Å²) in [6.45, 7) is 2.21. The van der Waals surface area contributed by atoms with E-state index in [9.17, 15) is 4.39 Å². The van der Waals surface area contributed by atoms with Crippen molar-refractivity contribution in [2.75, 3.05) is 5.32 Å². The maximum Gasteiger partial charge on any atom is 0.141 e. The Kier molecular flexibility index (Phi) is 2.17. The second kappa shape index (κ2) is 3.32. The van der Waals surface area contributed by atoms with Gasteiger partial charge >= 0.3 is 0 Å². The quantitative estimate of drug-likeness (QED) is 0.756. The number of aromatic nitrogens is 1. The van der Waals surface area contributed by atoms with Gasteiger partial charge in [-0.25, -0.2) is 9.37 Å². The fourth-order valence-electron chi connectivity index (χ4n) is 1.53. The Morgan fingerprint density at radius 1 is 1.46 bits per heavy atom. The molecule has 1 N–H and O–H groups in total. The maximum atomic E-state index is 12.5. The first kappa shape index (κ1) is 8.48. The fourth-order valence-corrected chi connectivity index (χ4v) is 1.53. The summed E-state index contributed by atoms with van der Waals surface area (Å²) in [6, 6.07) is 3.64. The molecule has 0 spiro atoms. The van der Waals surface area contributed by atoms with Crippen LogP contribution < -0.4 is 5.32 Å². The molecule has 0 aliphatic heterocycles. The van der Waals surface area contributed by atoms with E-state index in [4.69, 9.17) is 0 Å². The molecule has 1 fully saturated rings. The SMILES string of the molecule is CC1CCC1Nc1ccc(F)cn1. The largest absolute Gasteiger partial charge is 0.367 e. The normalized spacial score (nSPS) is 26.6. The van der Waals surface area contributed by atoms with Gasteiger partial charge < -0.3 is 5.32 Å². The molecule has 0 amide bonds. The average molecular weight is 180 g/mol. The molecular weight excluding hydrogens is 167 g/mol. The van der Waals surface area contributed by atoms with Crippen molar-refractivity contribution in [1.29, 1.82) is 0 Å². The summed E-state index contributed by atoms with van der Waals surface area (Å²) in [5.74, 6) is 1.21. The Morgan fingerprint density at radius 3 is 2.77 bits per heavy atom. The molecule has 13 heavy (non-hydrogen) atoms. The molecule has 2 nitrogen and oxygen atoms in total. The van der Waals surface area contributed by atoms with E-state index in [1.807, 2.05) is 0 Å². The molecule has 1 aromatic rings. The van der Waals surface area contributed by atoms with E-state index in [0.717, 1.165) is 5.82 Å². The lowest BCUT2D eigenvalue weighted by molar-refractivity contribution is 0.303. The van der Waals surface area contributed by atoms with Crippen LogP contribution in [0.15, 0.2) is 18.3 Å². The number of nitrogens with zero attached hydrogens (tertiary/aromatic N) is 1. The number of halogens is 1. The van der Waals surface area contributed by atoms with Crippen molar-refractivity contribution in [3.63, 3.8) is 0 Å². The monoisotopic (exact) mass is 180 g/mol. The van der Waals surface area contributed by atoms with Crippen molar-refractivity contribution >= 4 is 5.82 Å². The summed E-state index contributed by atoms with van der Waals surface area (Å²) in [5, 5.41) is 3.28. The van der Waals surface area contributed by atoms with Gasteiger partial charge in [-0.1, -0.05) is 6.92 Å². The molecule has 1 aromatic heterocycles. The number of anilines is 1. The zero-order valence-corrected chi connectivity index (χ0v) is 7.63. The van der Waals surface area contributed by atoms with Crippen molar-refractivity contribution < 1.29 is 4.39 Å². The first-order valence-electron chi connectivity index (χ1n) is 4.64. The molecule has 1 saturated carbocycles. The Hall–Kier alpha value is -1.12. The zero-order valence-electron chi connectivity index (χ0n) is 7.63. The summed E-state index contributed by atoms with van der Waals surface area (Å²) in [7, 11) is 0. The van der Waals surface area contributed by atoms with Crippen LogP contribution in [0.3, 0.4) is 0 Å². The lowest BCUT2D eigenvalue weighted by atomic mass is 9.81. The van der Waals surface area contributed by atoms with Gasteiger partial charge in [0.2, 0.25) is 0 Å². The van der Waals surface area contributed by atoms with Gasteiger partial charge in [-0.15, -0.1) is 0 Å². The van der Waals surface area contributed by atoms with E-state index < -0.39 is 0 Å². The molecule has 1 aliphatic rings. The highest BCUT2D eigenvalue weighted by Crippen LogP contribution is 2.28. The summed E-state index contributed by atoms with van der Waals surface area (Å²) in [4.78, 5) is 3.95. The summed E-state index contributed by atoms with van der Waals surface area (Å²) in [5.41, 5.74) is 0. The average Bonchev–Trinajstić information content (AvgIpc) is 2.15. The van der Waals surface area contributed by atoms with Crippen LogP contribution in [0.5, 0.6) is 0 Å². The number of nitrogens with one attached hydrogen (secondary N) is 1. The smallest absolute Gasteiger partial charge is 0.141 e. The third-order valence-electron chi connectivity index (χ3n) is 2.68. The summed E-state index contributed by atoms with van der Waals surface area (Å²) in [6.07, 6.45) is 3.71. The third kappa shape index (κ3) is 1.79. The molecule has 2 unspecified atom stereocenters. The van der Waals surface area contributed by atoms with Gasteiger partial charge in [0.15, 0.2) is 0 Å². The molecule has 2 rings (SSSR count). The van der Waals surface area contributed by atoms with Crippen LogP contribution in [-0.4, -0.2) is 11.0 Å². The molecule has 1 aliphatic carbocycles. The van der Waals surface area contributed by atoms with Gasteiger partial charge in [-0.3, -0.25) is 0 Å². The van der Waals surface area contributed by atoms with Gasteiger partial charge in [-0.2, -0.15) is 0 Å². The topological polar surface area (TPSA) is 24.9 Å². The lowest BCUT2D eigenvalue weighted by Crippen LogP contribution is -2.36. The predicted octanol–water partition coefficient (Wildman–Crippen LogP) is 2.43. The van der Waals surface area contributed by atoms with E-state index in [1.165, 1.54) is 25.1 Å². The summed E-state index contributed by atoms with van der Waals surface area (Å²) < 4.78 is 12.5. The van der Waals surface area contributed by atoms with Crippen LogP contribution in [0.2, 0.25) is 0 Å². The number of hydrogen-bond donors (Lipinski definition) is 1. The van der Waals surface area contributed by atoms with Crippen LogP contribution in [0.1, 0.15) is 19.8 Å². The molecule has 0 bridgehead atoms. The minimum absolute atomic E-state index is 0.285. The van der Waals surface area contributed by atoms with Crippen LogP contribution >= 0.6 is 0 Å². The minimum atomic E-state index is -0.285. The van der Waals surface area contributed by atoms with E-state index in [1.54, 1.807) is 6.07 Å². The van der Waals surface area contributed by atoms with Crippen LogP contribution in [0, 0.1) is 11.7 Å². The Bertz CT molecular complexity index is 283. The maximum absolute atomic E-state index is 12.5. The fraction of sp³-hybridized carbons (Fsp3) is 0.500. The third-order valence-corrected chi connectivity index (χ3v) is 2.68. The van der Waals surface area contributed by atoms with Gasteiger partial charge in [0.25, 0.3) is 0 Å². The Labute approximate surface area is 77.2 Å². The highest BCUT2D eigenvalue weighted by molar-refractivity contribution is 5.35. The van der Waals surface area contributed by atoms with Crippen LogP contribution in [-0.2, 0) is 0 Å². The van der Waals surface area contributed by atoms with E-state index >= 15 is 0 Å². The second-order valence-electron chi connectivity index (χ2n) is 3.67. The molecule has 0 aromatic carbocycles. The van der Waals surface area contributed by atoms with E-state index in [-0.39, 0.29) is 5.82 Å². The minimum Gasteiger partial charge on any atom is -0.367 e. The van der Waals surface area contributed by atoms with E-state index in [2.05, 4.69) is 17.2 Å². The lowest BCUT2D eigenvalue weighted by Gasteiger charge is -2.34. The van der Waals surface area contributed by atoms with Crippen molar-refractivity contribution in [1.82, 2.24) is 4.98 Å². The van der Waals surface area contributed by atoms with Crippen LogP contribution in [0.25, 0.3) is 0 Å². The molecule has 3 heteroatoms. The predicted molar refractivity (Wildman–Crippen MR) is 50.0 cm³/mol. The van der Waals surface area contributed by atoms with Gasteiger partial charge in [0.1, 0.15) is 11.6 Å².